The molecule has 1 heterocycles. The minimum absolute atomic E-state index is 0.284. The highest BCUT2D eigenvalue weighted by Crippen LogP contribution is 2.37. The Kier molecular flexibility index (Phi) is 5.56. The van der Waals surface area contributed by atoms with Crippen LogP contribution in [0.5, 0.6) is 0 Å². The van der Waals surface area contributed by atoms with Crippen LogP contribution in [0.1, 0.15) is 5.56 Å². The highest BCUT2D eigenvalue weighted by molar-refractivity contribution is 9.10. The number of nitrogens with zero attached hydrogens (tertiary/aromatic N) is 1. The molecule has 0 bridgehead atoms. The number of imide groups is 1. The summed E-state index contributed by atoms with van der Waals surface area (Å²) in [4.78, 5) is 28.9. The molecule has 0 saturated heterocycles. The number of aryl methyl sites for hydroxylation is 1. The summed E-state index contributed by atoms with van der Waals surface area (Å²) in [6, 6.07) is 24.3. The molecule has 1 N–H and O–H groups in total. The van der Waals surface area contributed by atoms with Crippen LogP contribution >= 0.6 is 27.7 Å². The van der Waals surface area contributed by atoms with Gasteiger partial charge in [-0.1, -0.05) is 63.6 Å². The SMILES string of the molecule is Cc1ccc(SC2=C(Nc3ccc(Br)cc3)C(=O)N(c3ccccc3)C2=O)cc1. The van der Waals surface area contributed by atoms with Crippen molar-refractivity contribution in [1.82, 2.24) is 0 Å². The molecule has 4 nitrogen and oxygen atoms in total. The van der Waals surface area contributed by atoms with Crippen molar-refractivity contribution in [2.45, 2.75) is 11.8 Å². The van der Waals surface area contributed by atoms with Crippen molar-refractivity contribution in [2.24, 2.45) is 0 Å². The molecular weight excluding hydrogens is 448 g/mol. The molecule has 0 atom stereocenters. The van der Waals surface area contributed by atoms with E-state index < -0.39 is 0 Å². The fraction of sp³-hybridized carbons (Fsp3) is 0.0435. The molecule has 29 heavy (non-hydrogen) atoms. The number of carbonyl (C=O) groups is 2. The van der Waals surface area contributed by atoms with Gasteiger partial charge in [-0.25, -0.2) is 4.90 Å². The number of benzene rings is 3. The third kappa shape index (κ3) is 4.13. The van der Waals surface area contributed by atoms with Gasteiger partial charge in [0.15, 0.2) is 0 Å². The van der Waals surface area contributed by atoms with Gasteiger partial charge in [0.1, 0.15) is 10.6 Å². The average molecular weight is 465 g/mol. The average Bonchev–Trinajstić information content (AvgIpc) is 2.96. The van der Waals surface area contributed by atoms with Crippen LogP contribution in [0.25, 0.3) is 0 Å². The Morgan fingerprint density at radius 3 is 2.14 bits per heavy atom. The maximum atomic E-state index is 13.2. The first-order valence-corrected chi connectivity index (χ1v) is 10.6. The summed E-state index contributed by atoms with van der Waals surface area (Å²) in [5.74, 6) is -0.690. The van der Waals surface area contributed by atoms with Crippen LogP contribution in [-0.2, 0) is 9.59 Å². The van der Waals surface area contributed by atoms with Crippen molar-refractivity contribution in [3.8, 4) is 0 Å². The molecule has 0 saturated carbocycles. The van der Waals surface area contributed by atoms with E-state index in [0.29, 0.717) is 10.6 Å². The van der Waals surface area contributed by atoms with E-state index in [4.69, 9.17) is 0 Å². The number of thioether (sulfide) groups is 1. The molecule has 0 fully saturated rings. The lowest BCUT2D eigenvalue weighted by Gasteiger charge is -2.15. The van der Waals surface area contributed by atoms with Crippen LogP contribution in [0.2, 0.25) is 0 Å². The minimum atomic E-state index is -0.362. The second-order valence-corrected chi connectivity index (χ2v) is 8.53. The molecule has 3 aromatic rings. The smallest absolute Gasteiger partial charge is 0.283 e. The number of carbonyl (C=O) groups excluding carboxylic acids is 2. The van der Waals surface area contributed by atoms with Gasteiger partial charge in [-0.15, -0.1) is 0 Å². The molecule has 0 aliphatic carbocycles. The summed E-state index contributed by atoms with van der Waals surface area (Å²) in [5, 5.41) is 3.16. The molecular formula is C23H17BrN2O2S. The molecule has 0 radical (unpaired) electrons. The van der Waals surface area contributed by atoms with Crippen LogP contribution in [0.3, 0.4) is 0 Å². The van der Waals surface area contributed by atoms with E-state index in [9.17, 15) is 9.59 Å². The summed E-state index contributed by atoms with van der Waals surface area (Å²) in [5.41, 5.74) is 2.71. The van der Waals surface area contributed by atoms with Gasteiger partial charge in [-0.2, -0.15) is 0 Å². The Labute approximate surface area is 181 Å². The van der Waals surface area contributed by atoms with E-state index in [1.165, 1.54) is 16.7 Å². The van der Waals surface area contributed by atoms with Crippen LogP contribution in [0, 0.1) is 6.92 Å². The number of hydrogen-bond donors (Lipinski definition) is 1. The third-order valence-corrected chi connectivity index (χ3v) is 6.03. The fourth-order valence-electron chi connectivity index (χ4n) is 2.93. The summed E-state index contributed by atoms with van der Waals surface area (Å²) in [6.07, 6.45) is 0. The summed E-state index contributed by atoms with van der Waals surface area (Å²) in [6.45, 7) is 2.01. The number of para-hydroxylation sites is 1. The number of anilines is 2. The van der Waals surface area contributed by atoms with Crippen LogP contribution < -0.4 is 10.2 Å². The van der Waals surface area contributed by atoms with Crippen molar-refractivity contribution in [3.05, 3.63) is 99.5 Å². The number of nitrogens with one attached hydrogen (secondary N) is 1. The maximum Gasteiger partial charge on any atom is 0.283 e. The molecule has 0 aromatic heterocycles. The topological polar surface area (TPSA) is 49.4 Å². The lowest BCUT2D eigenvalue weighted by Crippen LogP contribution is -2.32. The first-order chi connectivity index (χ1) is 14.0. The van der Waals surface area contributed by atoms with Gasteiger partial charge in [0.05, 0.1) is 5.69 Å². The molecule has 6 heteroatoms. The molecule has 0 unspecified atom stereocenters. The lowest BCUT2D eigenvalue weighted by molar-refractivity contribution is -0.120. The van der Waals surface area contributed by atoms with Crippen LogP contribution in [0.15, 0.2) is 98.8 Å². The summed E-state index contributed by atoms with van der Waals surface area (Å²) in [7, 11) is 0. The fourth-order valence-corrected chi connectivity index (χ4v) is 4.12. The van der Waals surface area contributed by atoms with E-state index in [2.05, 4.69) is 21.2 Å². The molecule has 1 aliphatic rings. The van der Waals surface area contributed by atoms with E-state index in [1.54, 1.807) is 12.1 Å². The molecule has 4 rings (SSSR count). The van der Waals surface area contributed by atoms with E-state index in [-0.39, 0.29) is 17.5 Å². The Hall–Kier alpha value is -2.83. The van der Waals surface area contributed by atoms with Gasteiger partial charge >= 0.3 is 0 Å². The Morgan fingerprint density at radius 1 is 0.828 bits per heavy atom. The second kappa shape index (κ2) is 8.27. The number of halogens is 1. The van der Waals surface area contributed by atoms with Gasteiger partial charge < -0.3 is 5.32 Å². The van der Waals surface area contributed by atoms with Crippen molar-refractivity contribution in [3.63, 3.8) is 0 Å². The first-order valence-electron chi connectivity index (χ1n) is 8.98. The van der Waals surface area contributed by atoms with Crippen LogP contribution in [-0.4, -0.2) is 11.8 Å². The zero-order chi connectivity index (χ0) is 20.4. The van der Waals surface area contributed by atoms with Gasteiger partial charge in [0.25, 0.3) is 11.8 Å². The maximum absolute atomic E-state index is 13.2. The summed E-state index contributed by atoms with van der Waals surface area (Å²) >= 11 is 4.70. The van der Waals surface area contributed by atoms with Crippen molar-refractivity contribution in [2.75, 3.05) is 10.2 Å². The Bertz CT molecular complexity index is 1020. The highest BCUT2D eigenvalue weighted by Gasteiger charge is 2.40. The van der Waals surface area contributed by atoms with Crippen molar-refractivity contribution in [1.29, 1.82) is 0 Å². The predicted molar refractivity (Wildman–Crippen MR) is 121 cm³/mol. The Balaban J connectivity index is 1.73. The zero-order valence-electron chi connectivity index (χ0n) is 15.6. The lowest BCUT2D eigenvalue weighted by atomic mass is 10.2. The monoisotopic (exact) mass is 464 g/mol. The van der Waals surface area contributed by atoms with Crippen LogP contribution in [0.4, 0.5) is 11.4 Å². The third-order valence-electron chi connectivity index (χ3n) is 4.41. The predicted octanol–water partition coefficient (Wildman–Crippen LogP) is 5.75. The molecule has 144 valence electrons. The van der Waals surface area contributed by atoms with E-state index in [1.807, 2.05) is 73.7 Å². The van der Waals surface area contributed by atoms with Gasteiger partial charge in [-0.3, -0.25) is 9.59 Å². The largest absolute Gasteiger partial charge is 0.350 e. The second-order valence-electron chi connectivity index (χ2n) is 6.53. The molecule has 3 aromatic carbocycles. The molecule has 0 spiro atoms. The molecule has 2 amide bonds. The quantitative estimate of drug-likeness (QED) is 0.488. The van der Waals surface area contributed by atoms with Crippen molar-refractivity contribution >= 4 is 50.9 Å². The Morgan fingerprint density at radius 2 is 1.48 bits per heavy atom. The normalized spacial score (nSPS) is 13.9. The standard InChI is InChI=1S/C23H17BrN2O2S/c1-15-7-13-19(14-8-15)29-21-20(25-17-11-9-16(24)10-12-17)22(27)26(23(21)28)18-5-3-2-4-6-18/h2-14,25H,1H3. The van der Waals surface area contributed by atoms with Gasteiger partial charge in [-0.05, 0) is 55.5 Å². The van der Waals surface area contributed by atoms with E-state index >= 15 is 0 Å². The van der Waals surface area contributed by atoms with Gasteiger partial charge in [0, 0.05) is 15.1 Å². The number of amides is 2. The van der Waals surface area contributed by atoms with Crippen molar-refractivity contribution < 1.29 is 9.59 Å². The highest BCUT2D eigenvalue weighted by atomic mass is 79.9. The number of rotatable bonds is 5. The molecule has 1 aliphatic heterocycles. The van der Waals surface area contributed by atoms with Gasteiger partial charge in [0.2, 0.25) is 0 Å². The minimum Gasteiger partial charge on any atom is -0.350 e. The number of hydrogen-bond acceptors (Lipinski definition) is 4. The summed E-state index contributed by atoms with van der Waals surface area (Å²) < 4.78 is 0.936. The van der Waals surface area contributed by atoms with E-state index in [0.717, 1.165) is 20.6 Å². The first kappa shape index (κ1) is 19.5. The zero-order valence-corrected chi connectivity index (χ0v) is 18.0.